The van der Waals surface area contributed by atoms with Gasteiger partial charge in [0, 0.05) is 23.4 Å². The van der Waals surface area contributed by atoms with E-state index in [9.17, 15) is 24.3 Å². The van der Waals surface area contributed by atoms with E-state index < -0.39 is 28.7 Å². The highest BCUT2D eigenvalue weighted by Crippen LogP contribution is 2.44. The first kappa shape index (κ1) is 24.4. The SMILES string of the molecule is CON=C(C(=O)NC1C(=O)N2CC(CSc3ncns3)(C(=O)O)CS[C@H]12)c1csc(NC=O)n1. The number of aliphatic carboxylic acids is 1. The van der Waals surface area contributed by atoms with E-state index in [1.165, 1.54) is 58.8 Å². The van der Waals surface area contributed by atoms with Crippen LogP contribution in [0, 0.1) is 5.41 Å². The summed E-state index contributed by atoms with van der Waals surface area (Å²) in [5, 5.41) is 20.0. The fraction of sp³-hybridized carbons (Fsp3) is 0.412. The third kappa shape index (κ3) is 4.73. The quantitative estimate of drug-likeness (QED) is 0.122. The zero-order chi connectivity index (χ0) is 24.3. The third-order valence-electron chi connectivity index (χ3n) is 5.03. The standard InChI is InChI=1S/C17H17N7O6S4/c1-30-23-9(8-2-31-15(21-8)19-7-25)11(26)22-10-12(27)24-3-17(14(28)29,4-32-13(10)24)5-33-16-18-6-20-34-16/h2,6-7,10,13H,3-5H2,1H3,(H,22,26)(H,28,29)(H,19,21,25)/t10?,13-,17?/m1/s1. The van der Waals surface area contributed by atoms with Crippen molar-refractivity contribution in [2.24, 2.45) is 10.6 Å². The molecular weight excluding hydrogens is 526 g/mol. The Balaban J connectivity index is 1.42. The van der Waals surface area contributed by atoms with Crippen molar-refractivity contribution in [2.75, 3.05) is 30.5 Å². The fourth-order valence-electron chi connectivity index (χ4n) is 3.34. The molecule has 0 spiro atoms. The summed E-state index contributed by atoms with van der Waals surface area (Å²) in [6, 6.07) is -0.839. The van der Waals surface area contributed by atoms with Gasteiger partial charge in [-0.1, -0.05) is 16.9 Å². The normalized spacial score (nSPS) is 24.1. The number of anilines is 1. The van der Waals surface area contributed by atoms with E-state index in [2.05, 4.69) is 30.1 Å². The van der Waals surface area contributed by atoms with Gasteiger partial charge in [-0.3, -0.25) is 19.2 Å². The van der Waals surface area contributed by atoms with E-state index in [4.69, 9.17) is 4.84 Å². The van der Waals surface area contributed by atoms with Crippen LogP contribution >= 0.6 is 46.4 Å². The summed E-state index contributed by atoms with van der Waals surface area (Å²) in [5.74, 6) is -1.54. The number of oxime groups is 1. The molecular formula is C17H17N7O6S4. The van der Waals surface area contributed by atoms with Crippen molar-refractivity contribution in [1.29, 1.82) is 0 Å². The van der Waals surface area contributed by atoms with Crippen LogP contribution in [0.3, 0.4) is 0 Å². The van der Waals surface area contributed by atoms with Crippen LogP contribution in [0.1, 0.15) is 5.69 Å². The van der Waals surface area contributed by atoms with E-state index in [0.29, 0.717) is 10.7 Å². The number of carboxylic acid groups (broad SMARTS) is 1. The zero-order valence-corrected chi connectivity index (χ0v) is 20.6. The zero-order valence-electron chi connectivity index (χ0n) is 17.4. The lowest BCUT2D eigenvalue weighted by Gasteiger charge is -2.53. The molecule has 3 amide bonds. The van der Waals surface area contributed by atoms with Crippen LogP contribution in [0.15, 0.2) is 21.2 Å². The van der Waals surface area contributed by atoms with Gasteiger partial charge < -0.3 is 25.5 Å². The highest BCUT2D eigenvalue weighted by Gasteiger charge is 2.57. The molecule has 0 aromatic carbocycles. The number of carbonyl (C=O) groups is 4. The number of thiazole rings is 1. The van der Waals surface area contributed by atoms with Crippen LogP contribution in [-0.2, 0) is 24.0 Å². The predicted molar refractivity (Wildman–Crippen MR) is 126 cm³/mol. The van der Waals surface area contributed by atoms with Crippen molar-refractivity contribution in [3.05, 3.63) is 17.4 Å². The van der Waals surface area contributed by atoms with Crippen molar-refractivity contribution in [3.8, 4) is 0 Å². The smallest absolute Gasteiger partial charge is 0.313 e. The van der Waals surface area contributed by atoms with Gasteiger partial charge in [-0.25, -0.2) is 9.97 Å². The van der Waals surface area contributed by atoms with Crippen molar-refractivity contribution < 1.29 is 29.1 Å². The molecule has 2 saturated heterocycles. The lowest BCUT2D eigenvalue weighted by atomic mass is 9.89. The fourth-order valence-corrected chi connectivity index (χ4v) is 7.30. The molecule has 13 nitrogen and oxygen atoms in total. The molecule has 0 saturated carbocycles. The second-order valence-electron chi connectivity index (χ2n) is 7.12. The highest BCUT2D eigenvalue weighted by molar-refractivity contribution is 8.01. The first-order valence-corrected chi connectivity index (χ1v) is 13.2. The average Bonchev–Trinajstić information content (AvgIpc) is 3.52. The Morgan fingerprint density at radius 1 is 1.50 bits per heavy atom. The number of hydrogen-bond acceptors (Lipinski definition) is 13. The number of hydrogen-bond donors (Lipinski definition) is 3. The van der Waals surface area contributed by atoms with E-state index >= 15 is 0 Å². The molecule has 34 heavy (non-hydrogen) atoms. The Labute approximate surface area is 208 Å². The average molecular weight is 544 g/mol. The maximum atomic E-state index is 12.9. The summed E-state index contributed by atoms with van der Waals surface area (Å²) in [6.07, 6.45) is 1.87. The van der Waals surface area contributed by atoms with Gasteiger partial charge in [0.25, 0.3) is 5.91 Å². The minimum Gasteiger partial charge on any atom is -0.481 e. The number of aromatic nitrogens is 3. The molecule has 2 aliphatic heterocycles. The Bertz CT molecular complexity index is 1130. The molecule has 2 aliphatic rings. The minimum atomic E-state index is -1.15. The molecule has 4 heterocycles. The molecule has 0 radical (unpaired) electrons. The van der Waals surface area contributed by atoms with Gasteiger partial charge in [-0.05, 0) is 11.5 Å². The molecule has 180 valence electrons. The van der Waals surface area contributed by atoms with Gasteiger partial charge >= 0.3 is 5.97 Å². The maximum Gasteiger partial charge on any atom is 0.313 e. The van der Waals surface area contributed by atoms with Gasteiger partial charge in [-0.2, -0.15) is 4.37 Å². The van der Waals surface area contributed by atoms with E-state index in [1.807, 2.05) is 0 Å². The van der Waals surface area contributed by atoms with Crippen LogP contribution in [-0.4, -0.2) is 90.8 Å². The molecule has 2 aromatic heterocycles. The predicted octanol–water partition coefficient (Wildman–Crippen LogP) is 0.177. The first-order chi connectivity index (χ1) is 16.4. The number of β-lactam (4-membered cyclic amide) rings is 1. The Morgan fingerprint density at radius 3 is 3.00 bits per heavy atom. The minimum absolute atomic E-state index is 0.0306. The lowest BCUT2D eigenvalue weighted by Crippen LogP contribution is -2.74. The Morgan fingerprint density at radius 2 is 2.32 bits per heavy atom. The van der Waals surface area contributed by atoms with Gasteiger partial charge in [0.1, 0.15) is 36.0 Å². The van der Waals surface area contributed by atoms with Crippen LogP contribution < -0.4 is 10.6 Å². The molecule has 17 heteroatoms. The van der Waals surface area contributed by atoms with Gasteiger partial charge in [0.15, 0.2) is 15.2 Å². The number of thioether (sulfide) groups is 2. The number of rotatable bonds is 10. The number of nitrogens with zero attached hydrogens (tertiary/aromatic N) is 5. The van der Waals surface area contributed by atoms with Gasteiger partial charge in [0.05, 0.1) is 0 Å². The summed E-state index contributed by atoms with van der Waals surface area (Å²) in [7, 11) is 1.27. The van der Waals surface area contributed by atoms with Gasteiger partial charge in [0.2, 0.25) is 12.3 Å². The topological polar surface area (TPSA) is 176 Å². The largest absolute Gasteiger partial charge is 0.481 e. The highest BCUT2D eigenvalue weighted by atomic mass is 32.2. The van der Waals surface area contributed by atoms with Crippen molar-refractivity contribution in [2.45, 2.75) is 15.8 Å². The van der Waals surface area contributed by atoms with Crippen molar-refractivity contribution in [3.63, 3.8) is 0 Å². The molecule has 2 aromatic rings. The molecule has 2 unspecified atom stereocenters. The van der Waals surface area contributed by atoms with Crippen LogP contribution in [0.4, 0.5) is 5.13 Å². The summed E-state index contributed by atoms with van der Waals surface area (Å²) in [4.78, 5) is 62.8. The Hall–Kier alpha value is -2.76. The summed E-state index contributed by atoms with van der Waals surface area (Å²) in [6.45, 7) is 0.0306. The van der Waals surface area contributed by atoms with E-state index in [-0.39, 0.29) is 40.5 Å². The number of carbonyl (C=O) groups excluding carboxylic acids is 3. The lowest BCUT2D eigenvalue weighted by molar-refractivity contribution is -0.157. The molecule has 0 bridgehead atoms. The second kappa shape index (κ2) is 10.2. The van der Waals surface area contributed by atoms with E-state index in [0.717, 1.165) is 11.3 Å². The van der Waals surface area contributed by atoms with Crippen molar-refractivity contribution in [1.82, 2.24) is 24.6 Å². The summed E-state index contributed by atoms with van der Waals surface area (Å²) in [5.41, 5.74) is -1.13. The third-order valence-corrected chi connectivity index (χ3v) is 9.47. The second-order valence-corrected chi connectivity index (χ2v) is 11.1. The van der Waals surface area contributed by atoms with Gasteiger partial charge in [-0.15, -0.1) is 23.1 Å². The van der Waals surface area contributed by atoms with Crippen LogP contribution in [0.25, 0.3) is 0 Å². The number of amides is 3. The van der Waals surface area contributed by atoms with Crippen LogP contribution in [0.5, 0.6) is 0 Å². The number of nitrogens with one attached hydrogen (secondary N) is 2. The number of carboxylic acids is 1. The molecule has 3 atom stereocenters. The molecule has 2 fully saturated rings. The molecule has 3 N–H and O–H groups in total. The van der Waals surface area contributed by atoms with Crippen LogP contribution in [0.2, 0.25) is 0 Å². The Kier molecular flexibility index (Phi) is 7.34. The van der Waals surface area contributed by atoms with Crippen molar-refractivity contribution >= 4 is 81.4 Å². The molecule has 0 aliphatic carbocycles. The summed E-state index contributed by atoms with van der Waals surface area (Å²) < 4.78 is 4.57. The summed E-state index contributed by atoms with van der Waals surface area (Å²) >= 11 is 4.87. The monoisotopic (exact) mass is 543 g/mol. The first-order valence-electron chi connectivity index (χ1n) is 9.51. The molecule has 4 rings (SSSR count). The maximum absolute atomic E-state index is 12.9. The number of fused-ring (bicyclic) bond motifs is 1. The van der Waals surface area contributed by atoms with E-state index in [1.54, 1.807) is 0 Å².